The molecule has 1 aliphatic carbocycles. The van der Waals surface area contributed by atoms with Crippen molar-refractivity contribution in [3.8, 4) is 0 Å². The van der Waals surface area contributed by atoms with Crippen LogP contribution in [0.5, 0.6) is 0 Å². The number of rotatable bonds is 10. The van der Waals surface area contributed by atoms with E-state index in [-0.39, 0.29) is 51.4 Å². The minimum Gasteiger partial charge on any atom is -0.542 e. The molecule has 0 aromatic carbocycles. The van der Waals surface area contributed by atoms with Crippen LogP contribution in [0.3, 0.4) is 0 Å². The fraction of sp³-hybridized carbons (Fsp3) is 0.923. The Hall–Kier alpha value is 1.04. The van der Waals surface area contributed by atoms with Crippen LogP contribution in [0.4, 0.5) is 4.53 Å². The Bertz CT molecular complexity index is 209. The van der Waals surface area contributed by atoms with Gasteiger partial charge in [-0.05, 0) is 17.4 Å². The van der Waals surface area contributed by atoms with Crippen LogP contribution in [-0.4, -0.2) is 45.4 Å². The first-order valence-electron chi connectivity index (χ1n) is 6.94. The Labute approximate surface area is 168 Å². The summed E-state index contributed by atoms with van der Waals surface area (Å²) in [6, 6.07) is 0. The Morgan fingerprint density at radius 1 is 1.00 bits per heavy atom. The Morgan fingerprint density at radius 3 is 2.10 bits per heavy atom. The molecule has 1 fully saturated rings. The van der Waals surface area contributed by atoms with Crippen molar-refractivity contribution in [1.82, 2.24) is 0 Å². The Morgan fingerprint density at radius 2 is 1.52 bits per heavy atom. The average Bonchev–Trinajstić information content (AvgIpc) is 2.47. The van der Waals surface area contributed by atoms with Gasteiger partial charge in [0.25, 0.3) is 0 Å². The zero-order valence-electron chi connectivity index (χ0n) is 12.9. The van der Waals surface area contributed by atoms with E-state index < -0.39 is 0 Å². The third-order valence-corrected chi connectivity index (χ3v) is 2.85. The maximum Gasteiger partial charge on any atom is 1.00 e. The normalized spacial score (nSPS) is 14.8. The van der Waals surface area contributed by atoms with E-state index in [2.05, 4.69) is 10.9 Å². The first kappa shape index (κ1) is 24.3. The van der Waals surface area contributed by atoms with Crippen LogP contribution in [-0.2, 0) is 24.0 Å². The van der Waals surface area contributed by atoms with Gasteiger partial charge in [-0.3, -0.25) is 6.29 Å². The van der Waals surface area contributed by atoms with Crippen LogP contribution in [0.2, 0.25) is 0 Å². The van der Waals surface area contributed by atoms with Gasteiger partial charge in [-0.25, -0.2) is 0 Å². The quantitative estimate of drug-likeness (QED) is 0.230. The molecule has 1 saturated carbocycles. The van der Waals surface area contributed by atoms with E-state index in [0.717, 1.165) is 0 Å². The minimum absolute atomic E-state index is 0. The number of ether oxygens (including phenoxy) is 3. The van der Waals surface area contributed by atoms with Crippen molar-refractivity contribution >= 4 is 6.29 Å². The zero-order chi connectivity index (χ0) is 14.9. The second kappa shape index (κ2) is 21.0. The van der Waals surface area contributed by atoms with Gasteiger partial charge in [0.2, 0.25) is 0 Å². The summed E-state index contributed by atoms with van der Waals surface area (Å²) in [4.78, 5) is 9.88. The number of halogens is 1. The summed E-state index contributed by atoms with van der Waals surface area (Å²) >= 11 is 0. The molecule has 1 rings (SSSR count). The van der Waals surface area contributed by atoms with Crippen molar-refractivity contribution in [3.63, 3.8) is 0 Å². The number of hydrogen-bond donors (Lipinski definition) is 1. The maximum absolute atomic E-state index is 9.88. The van der Waals surface area contributed by atoms with Crippen molar-refractivity contribution < 1.29 is 80.0 Å². The molecule has 6 nitrogen and oxygen atoms in total. The van der Waals surface area contributed by atoms with Gasteiger partial charge in [0.05, 0.1) is 32.5 Å². The molecule has 2 N–H and O–H groups in total. The zero-order valence-corrected chi connectivity index (χ0v) is 16.0. The van der Waals surface area contributed by atoms with E-state index in [1.54, 1.807) is 6.29 Å². The van der Waals surface area contributed by atoms with Gasteiger partial charge in [-0.1, -0.05) is 19.3 Å². The van der Waals surface area contributed by atoms with E-state index >= 15 is 0 Å². The van der Waals surface area contributed by atoms with Gasteiger partial charge in [-0.15, -0.1) is 11.5 Å². The summed E-state index contributed by atoms with van der Waals surface area (Å²) in [5.74, 6) is 3.68. The largest absolute Gasteiger partial charge is 1.00 e. The van der Waals surface area contributed by atoms with Crippen LogP contribution >= 0.6 is 0 Å². The van der Waals surface area contributed by atoms with Crippen molar-refractivity contribution in [2.75, 3.05) is 33.0 Å². The van der Waals surface area contributed by atoms with Crippen molar-refractivity contribution in [2.45, 2.75) is 44.6 Å². The second-order valence-electron chi connectivity index (χ2n) is 4.34. The molecule has 21 heavy (non-hydrogen) atoms. The fourth-order valence-corrected chi connectivity index (χ4v) is 1.94. The van der Waals surface area contributed by atoms with Crippen molar-refractivity contribution in [3.05, 3.63) is 0 Å². The molecule has 0 atom stereocenters. The first-order valence-corrected chi connectivity index (χ1v) is 6.94. The molecule has 120 valence electrons. The van der Waals surface area contributed by atoms with Crippen LogP contribution < -0.4 is 57.3 Å². The smallest absolute Gasteiger partial charge is 0.542 e. The summed E-state index contributed by atoms with van der Waals surface area (Å²) in [7, 11) is 0. The van der Waals surface area contributed by atoms with Gasteiger partial charge in [0.1, 0.15) is 0 Å². The summed E-state index contributed by atoms with van der Waals surface area (Å²) in [5, 5.41) is 2.25. The number of carbonyl (C=O) groups excluding carboxylic acids is 1. The van der Waals surface area contributed by atoms with Crippen molar-refractivity contribution in [2.24, 2.45) is 5.90 Å². The van der Waals surface area contributed by atoms with Gasteiger partial charge >= 0.3 is 51.4 Å². The van der Waals surface area contributed by atoms with Crippen LogP contribution in [0.15, 0.2) is 0 Å². The van der Waals surface area contributed by atoms with Crippen LogP contribution in [0, 0.1) is 0 Å². The molecule has 0 aromatic heterocycles. The topological polar surface area (TPSA) is 80.0 Å². The molecule has 0 aliphatic heterocycles. The van der Waals surface area contributed by atoms with Crippen molar-refractivity contribution in [1.29, 1.82) is 0 Å². The van der Waals surface area contributed by atoms with Gasteiger partial charge in [-0.2, -0.15) is 5.90 Å². The molecule has 0 bridgehead atoms. The molecule has 0 radical (unpaired) electrons. The predicted octanol–water partition coefficient (Wildman–Crippen LogP) is -1.37. The molecule has 0 aromatic rings. The molecular weight excluding hydrogens is 308 g/mol. The van der Waals surface area contributed by atoms with Gasteiger partial charge < -0.3 is 19.0 Å². The molecule has 0 amide bonds. The van der Waals surface area contributed by atoms with E-state index in [0.29, 0.717) is 45.6 Å². The summed E-state index contributed by atoms with van der Waals surface area (Å²) in [5.41, 5.74) is 0. The molecule has 0 heterocycles. The SMILES string of the molecule is NOF.O=[C-]CCOCCOCCOC1CCCCC1.[K+]. The third-order valence-electron chi connectivity index (χ3n) is 2.85. The molecule has 0 spiro atoms. The summed E-state index contributed by atoms with van der Waals surface area (Å²) in [6.07, 6.45) is 8.92. The predicted molar refractivity (Wildman–Crippen MR) is 71.2 cm³/mol. The monoisotopic (exact) mass is 333 g/mol. The third kappa shape index (κ3) is 19.0. The summed E-state index contributed by atoms with van der Waals surface area (Å²) < 4.78 is 25.8. The molecule has 1 aliphatic rings. The van der Waals surface area contributed by atoms with E-state index in [1.807, 2.05) is 0 Å². The van der Waals surface area contributed by atoms with Crippen LogP contribution in [0.25, 0.3) is 0 Å². The Kier molecular flexibility index (Phi) is 24.3. The number of hydrogen-bond acceptors (Lipinski definition) is 6. The summed E-state index contributed by atoms with van der Waals surface area (Å²) in [6.45, 7) is 2.83. The van der Waals surface area contributed by atoms with E-state index in [9.17, 15) is 9.32 Å². The maximum atomic E-state index is 9.88. The second-order valence-corrected chi connectivity index (χ2v) is 4.34. The molecule has 0 unspecified atom stereocenters. The standard InChI is InChI=1S/C13H23O4.FH2NO.K/c14-7-4-8-15-9-10-16-11-12-17-13-5-2-1-3-6-13;1-3-2;/h13H,1-6,8-12H2;2H2;/q-1;;+1. The van der Waals surface area contributed by atoms with Crippen LogP contribution in [0.1, 0.15) is 38.5 Å². The van der Waals surface area contributed by atoms with Gasteiger partial charge in [0.15, 0.2) is 0 Å². The Balaban J connectivity index is 0. The fourth-order valence-electron chi connectivity index (χ4n) is 1.94. The number of nitrogens with two attached hydrogens (primary N) is 1. The minimum atomic E-state index is 0. The average molecular weight is 333 g/mol. The first-order chi connectivity index (χ1) is 9.85. The molecular formula is C13H25FKNO5. The molecule has 0 saturated heterocycles. The van der Waals surface area contributed by atoms with Gasteiger partial charge in [0, 0.05) is 6.61 Å². The van der Waals surface area contributed by atoms with E-state index in [4.69, 9.17) is 14.2 Å². The molecule has 8 heteroatoms. The van der Waals surface area contributed by atoms with E-state index in [1.165, 1.54) is 32.1 Å².